The van der Waals surface area contributed by atoms with Crippen molar-refractivity contribution >= 4 is 0 Å². The first-order chi connectivity index (χ1) is 9.33. The Labute approximate surface area is 119 Å². The van der Waals surface area contributed by atoms with E-state index in [-0.39, 0.29) is 0 Å². The van der Waals surface area contributed by atoms with Gasteiger partial charge in [-0.1, -0.05) is 26.2 Å². The number of rotatable bonds is 7. The van der Waals surface area contributed by atoms with Crippen molar-refractivity contribution in [3.8, 4) is 0 Å². The molecule has 2 rings (SSSR count). The van der Waals surface area contributed by atoms with Crippen molar-refractivity contribution < 1.29 is 4.74 Å². The molecule has 2 aliphatic rings. The number of hydrogen-bond donors (Lipinski definition) is 1. The SMILES string of the molecule is CCN(CC1CCCO1)CC(NC)C1CCCCC1. The highest BCUT2D eigenvalue weighted by Gasteiger charge is 2.25. The molecule has 2 fully saturated rings. The average Bonchev–Trinajstić information content (AvgIpc) is 2.97. The van der Waals surface area contributed by atoms with Crippen LogP contribution in [0.3, 0.4) is 0 Å². The van der Waals surface area contributed by atoms with Gasteiger partial charge in [-0.2, -0.15) is 0 Å². The third-order valence-electron chi connectivity index (χ3n) is 4.98. The van der Waals surface area contributed by atoms with Gasteiger partial charge in [0.15, 0.2) is 0 Å². The first kappa shape index (κ1) is 15.3. The lowest BCUT2D eigenvalue weighted by atomic mass is 9.83. The molecule has 3 heteroatoms. The fraction of sp³-hybridized carbons (Fsp3) is 1.00. The molecule has 0 aromatic heterocycles. The maximum Gasteiger partial charge on any atom is 0.0702 e. The van der Waals surface area contributed by atoms with Crippen LogP contribution < -0.4 is 5.32 Å². The van der Waals surface area contributed by atoms with Crippen LogP contribution in [0.15, 0.2) is 0 Å². The molecule has 19 heavy (non-hydrogen) atoms. The van der Waals surface area contributed by atoms with Crippen LogP contribution in [0.4, 0.5) is 0 Å². The second kappa shape index (κ2) is 8.23. The van der Waals surface area contributed by atoms with E-state index in [9.17, 15) is 0 Å². The molecule has 1 heterocycles. The van der Waals surface area contributed by atoms with Gasteiger partial charge in [0.05, 0.1) is 6.10 Å². The summed E-state index contributed by atoms with van der Waals surface area (Å²) in [5, 5.41) is 3.58. The van der Waals surface area contributed by atoms with E-state index < -0.39 is 0 Å². The summed E-state index contributed by atoms with van der Waals surface area (Å²) in [6.45, 7) is 6.71. The van der Waals surface area contributed by atoms with E-state index in [0.717, 1.165) is 25.6 Å². The summed E-state index contributed by atoms with van der Waals surface area (Å²) in [6.07, 6.45) is 10.1. The van der Waals surface area contributed by atoms with Gasteiger partial charge in [0.1, 0.15) is 0 Å². The molecule has 1 saturated heterocycles. The normalized spacial score (nSPS) is 27.0. The third-order valence-corrected chi connectivity index (χ3v) is 4.98. The number of ether oxygens (including phenoxy) is 1. The van der Waals surface area contributed by atoms with Crippen LogP contribution in [0.1, 0.15) is 51.9 Å². The predicted molar refractivity (Wildman–Crippen MR) is 80.5 cm³/mol. The minimum Gasteiger partial charge on any atom is -0.377 e. The molecule has 112 valence electrons. The van der Waals surface area contributed by atoms with E-state index in [1.54, 1.807) is 0 Å². The van der Waals surface area contributed by atoms with E-state index in [2.05, 4.69) is 24.2 Å². The minimum absolute atomic E-state index is 0.490. The molecule has 0 bridgehead atoms. The van der Waals surface area contributed by atoms with Crippen molar-refractivity contribution in [3.63, 3.8) is 0 Å². The van der Waals surface area contributed by atoms with Crippen molar-refractivity contribution in [3.05, 3.63) is 0 Å². The van der Waals surface area contributed by atoms with E-state index >= 15 is 0 Å². The van der Waals surface area contributed by atoms with Crippen molar-refractivity contribution in [2.24, 2.45) is 5.92 Å². The Morgan fingerprint density at radius 2 is 1.95 bits per heavy atom. The standard InChI is InChI=1S/C16H32N2O/c1-3-18(12-15-10-7-11-19-15)13-16(17-2)14-8-5-4-6-9-14/h14-17H,3-13H2,1-2H3. The van der Waals surface area contributed by atoms with Gasteiger partial charge in [-0.05, 0) is 45.2 Å². The molecule has 0 aromatic rings. The van der Waals surface area contributed by atoms with Crippen LogP contribution in [-0.4, -0.2) is 50.3 Å². The number of likely N-dealkylation sites (N-methyl/N-ethyl adjacent to an activating group) is 2. The molecule has 1 N–H and O–H groups in total. The van der Waals surface area contributed by atoms with Crippen molar-refractivity contribution in [1.29, 1.82) is 0 Å². The highest BCUT2D eigenvalue weighted by atomic mass is 16.5. The summed E-state index contributed by atoms with van der Waals surface area (Å²) in [4.78, 5) is 2.59. The van der Waals surface area contributed by atoms with Crippen LogP contribution in [-0.2, 0) is 4.74 Å². The van der Waals surface area contributed by atoms with Crippen LogP contribution in [0, 0.1) is 5.92 Å². The summed E-state index contributed by atoms with van der Waals surface area (Å²) in [5.41, 5.74) is 0. The molecule has 1 aliphatic heterocycles. The van der Waals surface area contributed by atoms with Gasteiger partial charge in [0.2, 0.25) is 0 Å². The Kier molecular flexibility index (Phi) is 6.62. The van der Waals surface area contributed by atoms with Gasteiger partial charge in [0.25, 0.3) is 0 Å². The highest BCUT2D eigenvalue weighted by molar-refractivity contribution is 4.82. The van der Waals surface area contributed by atoms with E-state index in [1.807, 2.05) is 0 Å². The third kappa shape index (κ3) is 4.73. The molecule has 0 spiro atoms. The summed E-state index contributed by atoms with van der Waals surface area (Å²) in [7, 11) is 2.14. The van der Waals surface area contributed by atoms with Gasteiger partial charge >= 0.3 is 0 Å². The quantitative estimate of drug-likeness (QED) is 0.768. The molecule has 0 aromatic carbocycles. The molecule has 2 atom stereocenters. The number of hydrogen-bond acceptors (Lipinski definition) is 3. The summed E-state index contributed by atoms with van der Waals surface area (Å²) >= 11 is 0. The Hall–Kier alpha value is -0.120. The monoisotopic (exact) mass is 268 g/mol. The Bertz CT molecular complexity index is 235. The Morgan fingerprint density at radius 3 is 2.53 bits per heavy atom. The molecule has 1 aliphatic carbocycles. The maximum absolute atomic E-state index is 5.78. The number of nitrogens with one attached hydrogen (secondary N) is 1. The molecule has 0 amide bonds. The molecule has 0 radical (unpaired) electrons. The van der Waals surface area contributed by atoms with E-state index in [0.29, 0.717) is 12.1 Å². The van der Waals surface area contributed by atoms with Gasteiger partial charge in [0, 0.05) is 25.7 Å². The fourth-order valence-electron chi connectivity index (χ4n) is 3.70. The lowest BCUT2D eigenvalue weighted by molar-refractivity contribution is 0.0674. The van der Waals surface area contributed by atoms with Gasteiger partial charge < -0.3 is 10.1 Å². The Morgan fingerprint density at radius 1 is 1.16 bits per heavy atom. The maximum atomic E-state index is 5.78. The lowest BCUT2D eigenvalue weighted by Crippen LogP contribution is -2.46. The smallest absolute Gasteiger partial charge is 0.0702 e. The highest BCUT2D eigenvalue weighted by Crippen LogP contribution is 2.27. The summed E-state index contributed by atoms with van der Waals surface area (Å²) in [6, 6.07) is 0.668. The first-order valence-corrected chi connectivity index (χ1v) is 8.34. The van der Waals surface area contributed by atoms with Crippen molar-refractivity contribution in [1.82, 2.24) is 10.2 Å². The summed E-state index contributed by atoms with van der Waals surface area (Å²) < 4.78 is 5.78. The van der Waals surface area contributed by atoms with Crippen molar-refractivity contribution in [2.75, 3.05) is 33.3 Å². The fourth-order valence-corrected chi connectivity index (χ4v) is 3.70. The van der Waals surface area contributed by atoms with Gasteiger partial charge in [-0.3, -0.25) is 4.90 Å². The van der Waals surface area contributed by atoms with Crippen LogP contribution in [0.25, 0.3) is 0 Å². The number of nitrogens with zero attached hydrogens (tertiary/aromatic N) is 1. The zero-order chi connectivity index (χ0) is 13.5. The first-order valence-electron chi connectivity index (χ1n) is 8.34. The van der Waals surface area contributed by atoms with Crippen molar-refractivity contribution in [2.45, 2.75) is 64.0 Å². The predicted octanol–water partition coefficient (Wildman–Crippen LogP) is 2.66. The molecular weight excluding hydrogens is 236 g/mol. The molecule has 1 saturated carbocycles. The molecule has 3 nitrogen and oxygen atoms in total. The Balaban J connectivity index is 1.79. The zero-order valence-electron chi connectivity index (χ0n) is 12.9. The average molecular weight is 268 g/mol. The summed E-state index contributed by atoms with van der Waals surface area (Å²) in [5.74, 6) is 0.886. The van der Waals surface area contributed by atoms with Gasteiger partial charge in [-0.25, -0.2) is 0 Å². The van der Waals surface area contributed by atoms with E-state index in [4.69, 9.17) is 4.74 Å². The lowest BCUT2D eigenvalue weighted by Gasteiger charge is -2.34. The molecular formula is C16H32N2O. The van der Waals surface area contributed by atoms with Crippen LogP contribution >= 0.6 is 0 Å². The zero-order valence-corrected chi connectivity index (χ0v) is 12.9. The topological polar surface area (TPSA) is 24.5 Å². The second-order valence-corrected chi connectivity index (χ2v) is 6.28. The van der Waals surface area contributed by atoms with Crippen LogP contribution in [0.2, 0.25) is 0 Å². The largest absolute Gasteiger partial charge is 0.377 e. The van der Waals surface area contributed by atoms with Crippen LogP contribution in [0.5, 0.6) is 0 Å². The van der Waals surface area contributed by atoms with E-state index in [1.165, 1.54) is 51.5 Å². The minimum atomic E-state index is 0.490. The molecule has 2 unspecified atom stereocenters. The van der Waals surface area contributed by atoms with Gasteiger partial charge in [-0.15, -0.1) is 0 Å². The second-order valence-electron chi connectivity index (χ2n) is 6.28.